The van der Waals surface area contributed by atoms with Crippen LogP contribution >= 0.6 is 22.9 Å². The quantitative estimate of drug-likeness (QED) is 0.724. The van der Waals surface area contributed by atoms with Crippen molar-refractivity contribution in [1.82, 2.24) is 19.5 Å². The van der Waals surface area contributed by atoms with Gasteiger partial charge >= 0.3 is 0 Å². The third kappa shape index (κ3) is 3.42. The molecule has 0 bridgehead atoms. The van der Waals surface area contributed by atoms with Crippen molar-refractivity contribution >= 4 is 45.7 Å². The van der Waals surface area contributed by atoms with Crippen LogP contribution in [0.15, 0.2) is 29.6 Å². The summed E-state index contributed by atoms with van der Waals surface area (Å²) in [5.41, 5.74) is 1.84. The largest absolute Gasteiger partial charge is 0.339 e. The Labute approximate surface area is 165 Å². The van der Waals surface area contributed by atoms with Crippen molar-refractivity contribution in [1.29, 1.82) is 0 Å². The van der Waals surface area contributed by atoms with Crippen LogP contribution in [0.2, 0.25) is 5.02 Å². The standard InChI is InChI=1S/C18H18ClN5O2S/c1-10(2)23-8-12(7-15(23)25)16(26)20-17-21-18-24(22-17)14(9-27-18)11-3-5-13(19)6-4-11/h3-6,9-10,12H,7-8H2,1-2H3,(H,20,22,26). The van der Waals surface area contributed by atoms with Crippen molar-refractivity contribution in [2.75, 3.05) is 11.9 Å². The summed E-state index contributed by atoms with van der Waals surface area (Å²) in [6, 6.07) is 7.55. The third-order valence-corrected chi connectivity index (χ3v) is 5.68. The molecule has 0 spiro atoms. The number of carbonyl (C=O) groups is 2. The van der Waals surface area contributed by atoms with Gasteiger partial charge in [0.25, 0.3) is 0 Å². The number of hydrogen-bond donors (Lipinski definition) is 1. The Bertz CT molecular complexity index is 1010. The topological polar surface area (TPSA) is 79.6 Å². The van der Waals surface area contributed by atoms with Gasteiger partial charge in [0.05, 0.1) is 11.6 Å². The molecule has 3 heterocycles. The minimum atomic E-state index is -0.378. The lowest BCUT2D eigenvalue weighted by Crippen LogP contribution is -2.33. The van der Waals surface area contributed by atoms with E-state index in [0.29, 0.717) is 16.5 Å². The van der Waals surface area contributed by atoms with Gasteiger partial charge in [0.1, 0.15) is 0 Å². The first kappa shape index (κ1) is 17.9. The highest BCUT2D eigenvalue weighted by atomic mass is 35.5. The first-order valence-corrected chi connectivity index (χ1v) is 9.88. The van der Waals surface area contributed by atoms with E-state index in [1.165, 1.54) is 11.3 Å². The third-order valence-electron chi connectivity index (χ3n) is 4.61. The average Bonchev–Trinajstić information content (AvgIpc) is 3.29. The first-order chi connectivity index (χ1) is 12.9. The lowest BCUT2D eigenvalue weighted by Gasteiger charge is -2.20. The van der Waals surface area contributed by atoms with Gasteiger partial charge in [-0.05, 0) is 26.0 Å². The second kappa shape index (κ2) is 6.94. The number of fused-ring (bicyclic) bond motifs is 1. The predicted molar refractivity (Wildman–Crippen MR) is 105 cm³/mol. The zero-order valence-electron chi connectivity index (χ0n) is 14.8. The van der Waals surface area contributed by atoms with Crippen LogP contribution in [0.5, 0.6) is 0 Å². The summed E-state index contributed by atoms with van der Waals surface area (Å²) in [5, 5.41) is 9.78. The Morgan fingerprint density at radius 1 is 1.33 bits per heavy atom. The summed E-state index contributed by atoms with van der Waals surface area (Å²) >= 11 is 7.39. The lowest BCUT2D eigenvalue weighted by atomic mass is 10.1. The molecule has 4 rings (SSSR count). The number of rotatable bonds is 4. The molecule has 1 fully saturated rings. The van der Waals surface area contributed by atoms with Gasteiger partial charge in [-0.2, -0.15) is 4.98 Å². The number of nitrogens with one attached hydrogen (secondary N) is 1. The van der Waals surface area contributed by atoms with E-state index in [0.717, 1.165) is 11.3 Å². The molecule has 1 aromatic carbocycles. The maximum Gasteiger partial charge on any atom is 0.250 e. The second-order valence-corrected chi connectivity index (χ2v) is 8.06. The van der Waals surface area contributed by atoms with Gasteiger partial charge < -0.3 is 4.90 Å². The van der Waals surface area contributed by atoms with Gasteiger partial charge in [0, 0.05) is 35.0 Å². The molecule has 7 nitrogen and oxygen atoms in total. The van der Waals surface area contributed by atoms with Crippen molar-refractivity contribution in [2.45, 2.75) is 26.3 Å². The Hall–Kier alpha value is -2.45. The molecule has 1 unspecified atom stereocenters. The molecule has 2 amide bonds. The van der Waals surface area contributed by atoms with Gasteiger partial charge in [-0.3, -0.25) is 14.9 Å². The molecule has 3 aromatic rings. The number of aromatic nitrogens is 3. The van der Waals surface area contributed by atoms with Crippen molar-refractivity contribution in [3.8, 4) is 11.3 Å². The molecule has 140 valence electrons. The van der Waals surface area contributed by atoms with Gasteiger partial charge in [-0.15, -0.1) is 16.4 Å². The summed E-state index contributed by atoms with van der Waals surface area (Å²) in [5.74, 6) is -0.346. The van der Waals surface area contributed by atoms with Crippen LogP contribution in [0.1, 0.15) is 20.3 Å². The van der Waals surface area contributed by atoms with E-state index in [1.807, 2.05) is 43.5 Å². The van der Waals surface area contributed by atoms with E-state index >= 15 is 0 Å². The first-order valence-electron chi connectivity index (χ1n) is 8.63. The summed E-state index contributed by atoms with van der Waals surface area (Å²) in [6.45, 7) is 4.32. The van der Waals surface area contributed by atoms with E-state index in [-0.39, 0.29) is 36.1 Å². The van der Waals surface area contributed by atoms with E-state index in [4.69, 9.17) is 11.6 Å². The number of nitrogens with zero attached hydrogens (tertiary/aromatic N) is 4. The van der Waals surface area contributed by atoms with Gasteiger partial charge in [0.15, 0.2) is 0 Å². The normalized spacial score (nSPS) is 17.3. The fourth-order valence-electron chi connectivity index (χ4n) is 3.17. The summed E-state index contributed by atoms with van der Waals surface area (Å²) in [7, 11) is 0. The van der Waals surface area contributed by atoms with Crippen molar-refractivity contribution in [3.63, 3.8) is 0 Å². The summed E-state index contributed by atoms with van der Waals surface area (Å²) in [4.78, 5) is 31.3. The summed E-state index contributed by atoms with van der Waals surface area (Å²) < 4.78 is 1.70. The van der Waals surface area contributed by atoms with E-state index < -0.39 is 0 Å². The van der Waals surface area contributed by atoms with Crippen LogP contribution in [0, 0.1) is 5.92 Å². The van der Waals surface area contributed by atoms with Crippen LogP contribution < -0.4 is 5.32 Å². The minimum Gasteiger partial charge on any atom is -0.339 e. The Kier molecular flexibility index (Phi) is 4.61. The van der Waals surface area contributed by atoms with Gasteiger partial charge in [-0.25, -0.2) is 4.52 Å². The second-order valence-electron chi connectivity index (χ2n) is 6.79. The Morgan fingerprint density at radius 3 is 2.74 bits per heavy atom. The number of carbonyl (C=O) groups excluding carboxylic acids is 2. The zero-order valence-corrected chi connectivity index (χ0v) is 16.4. The molecule has 27 heavy (non-hydrogen) atoms. The molecular weight excluding hydrogens is 386 g/mol. The fourth-order valence-corrected chi connectivity index (χ4v) is 4.13. The van der Waals surface area contributed by atoms with E-state index in [2.05, 4.69) is 15.4 Å². The van der Waals surface area contributed by atoms with Gasteiger partial charge in [-0.1, -0.05) is 23.7 Å². The lowest BCUT2D eigenvalue weighted by molar-refractivity contribution is -0.129. The fraction of sp³-hybridized carbons (Fsp3) is 0.333. The van der Waals surface area contributed by atoms with Crippen molar-refractivity contribution < 1.29 is 9.59 Å². The van der Waals surface area contributed by atoms with Gasteiger partial charge in [0.2, 0.25) is 22.7 Å². The molecule has 2 aromatic heterocycles. The maximum atomic E-state index is 12.5. The molecule has 0 aliphatic carbocycles. The molecule has 1 saturated heterocycles. The molecule has 1 N–H and O–H groups in total. The van der Waals surface area contributed by atoms with Crippen LogP contribution in [0.25, 0.3) is 16.2 Å². The number of anilines is 1. The molecule has 1 aliphatic heterocycles. The van der Waals surface area contributed by atoms with E-state index in [9.17, 15) is 9.59 Å². The molecule has 9 heteroatoms. The summed E-state index contributed by atoms with van der Waals surface area (Å²) in [6.07, 6.45) is 0.224. The maximum absolute atomic E-state index is 12.5. The molecular formula is C18H18ClN5O2S. The SMILES string of the molecule is CC(C)N1CC(C(=O)Nc2nc3scc(-c4ccc(Cl)cc4)n3n2)CC1=O. The Balaban J connectivity index is 1.53. The molecule has 0 saturated carbocycles. The Morgan fingerprint density at radius 2 is 2.07 bits per heavy atom. The van der Waals surface area contributed by atoms with Crippen molar-refractivity contribution in [3.05, 3.63) is 34.7 Å². The number of hydrogen-bond acceptors (Lipinski definition) is 5. The molecule has 1 aliphatic rings. The average molecular weight is 404 g/mol. The highest BCUT2D eigenvalue weighted by molar-refractivity contribution is 7.15. The van der Waals surface area contributed by atoms with Crippen LogP contribution in [-0.2, 0) is 9.59 Å². The van der Waals surface area contributed by atoms with E-state index in [1.54, 1.807) is 9.42 Å². The number of benzene rings is 1. The number of likely N-dealkylation sites (tertiary alicyclic amines) is 1. The molecule has 0 radical (unpaired) electrons. The van der Waals surface area contributed by atoms with Crippen LogP contribution in [0.3, 0.4) is 0 Å². The number of halogens is 1. The highest BCUT2D eigenvalue weighted by Gasteiger charge is 2.35. The van der Waals surface area contributed by atoms with Crippen molar-refractivity contribution in [2.24, 2.45) is 5.92 Å². The highest BCUT2D eigenvalue weighted by Crippen LogP contribution is 2.27. The number of thiazole rings is 1. The minimum absolute atomic E-state index is 0.00829. The number of amides is 2. The van der Waals surface area contributed by atoms with Crippen LogP contribution in [0.4, 0.5) is 5.95 Å². The molecule has 1 atom stereocenters. The predicted octanol–water partition coefficient (Wildman–Crippen LogP) is 3.31. The smallest absolute Gasteiger partial charge is 0.250 e. The zero-order chi connectivity index (χ0) is 19.1. The van der Waals surface area contributed by atoms with Crippen LogP contribution in [-0.4, -0.2) is 43.9 Å². The monoisotopic (exact) mass is 403 g/mol.